The number of aromatic nitrogens is 4. The van der Waals surface area contributed by atoms with Crippen LogP contribution in [0.4, 0.5) is 5.69 Å². The highest BCUT2D eigenvalue weighted by Crippen LogP contribution is 2.23. The van der Waals surface area contributed by atoms with Gasteiger partial charge in [0.05, 0.1) is 18.0 Å². The lowest BCUT2D eigenvalue weighted by Crippen LogP contribution is -2.39. The molecule has 9 heteroatoms. The van der Waals surface area contributed by atoms with Gasteiger partial charge in [-0.1, -0.05) is 0 Å². The molecule has 0 radical (unpaired) electrons. The summed E-state index contributed by atoms with van der Waals surface area (Å²) in [5.41, 5.74) is 7.59. The molecule has 0 aliphatic carbocycles. The third-order valence-electron chi connectivity index (χ3n) is 3.85. The van der Waals surface area contributed by atoms with Crippen LogP contribution < -0.4 is 16.2 Å². The lowest BCUT2D eigenvalue weighted by molar-refractivity contribution is -0.117. The molecule has 1 aromatic carbocycles. The van der Waals surface area contributed by atoms with E-state index in [4.69, 9.17) is 4.42 Å². The Morgan fingerprint density at radius 1 is 1.25 bits per heavy atom. The van der Waals surface area contributed by atoms with Crippen LogP contribution in [0, 0.1) is 0 Å². The van der Waals surface area contributed by atoms with Gasteiger partial charge in [0.1, 0.15) is 18.1 Å². The molecule has 2 aromatic heterocycles. The van der Waals surface area contributed by atoms with Crippen LogP contribution in [0.5, 0.6) is 0 Å². The molecular weight excluding hydrogens is 310 g/mol. The molecule has 1 aliphatic rings. The number of nitrogens with one attached hydrogen (secondary N) is 3. The summed E-state index contributed by atoms with van der Waals surface area (Å²) < 4.78 is 6.90. The van der Waals surface area contributed by atoms with Gasteiger partial charge in [-0.3, -0.25) is 4.79 Å². The summed E-state index contributed by atoms with van der Waals surface area (Å²) in [6.07, 6.45) is 3.75. The fraction of sp³-hybridized carbons (Fsp3) is 0.200. The second-order valence-electron chi connectivity index (χ2n) is 5.44. The van der Waals surface area contributed by atoms with Crippen molar-refractivity contribution in [3.63, 3.8) is 0 Å². The van der Waals surface area contributed by atoms with Crippen molar-refractivity contribution in [2.24, 2.45) is 0 Å². The zero-order valence-electron chi connectivity index (χ0n) is 12.6. The van der Waals surface area contributed by atoms with E-state index in [-0.39, 0.29) is 18.0 Å². The van der Waals surface area contributed by atoms with Gasteiger partial charge in [-0.15, -0.1) is 5.10 Å². The molecule has 2 unspecified atom stereocenters. The van der Waals surface area contributed by atoms with E-state index >= 15 is 0 Å². The van der Waals surface area contributed by atoms with Crippen molar-refractivity contribution in [1.82, 2.24) is 31.1 Å². The Morgan fingerprint density at radius 2 is 2.12 bits per heavy atom. The SMILES string of the molecule is O=C(Nc1ccc(-n2cnnn2)cc1)C1CC(c2ccco2)NN1. The Balaban J connectivity index is 1.38. The summed E-state index contributed by atoms with van der Waals surface area (Å²) in [5.74, 6) is 0.704. The van der Waals surface area contributed by atoms with Crippen molar-refractivity contribution in [2.45, 2.75) is 18.5 Å². The van der Waals surface area contributed by atoms with Gasteiger partial charge in [-0.2, -0.15) is 0 Å². The second kappa shape index (κ2) is 6.22. The van der Waals surface area contributed by atoms with Gasteiger partial charge in [0, 0.05) is 5.69 Å². The number of rotatable bonds is 4. The van der Waals surface area contributed by atoms with Crippen LogP contribution in [-0.4, -0.2) is 32.2 Å². The van der Waals surface area contributed by atoms with Gasteiger partial charge < -0.3 is 9.73 Å². The molecular formula is C15H15N7O2. The van der Waals surface area contributed by atoms with Crippen molar-refractivity contribution in [1.29, 1.82) is 0 Å². The number of amides is 1. The van der Waals surface area contributed by atoms with E-state index in [2.05, 4.69) is 31.7 Å². The van der Waals surface area contributed by atoms with Crippen LogP contribution in [0.25, 0.3) is 5.69 Å². The fourth-order valence-corrected chi connectivity index (χ4v) is 2.61. The van der Waals surface area contributed by atoms with Gasteiger partial charge in [0.25, 0.3) is 0 Å². The molecule has 3 heterocycles. The summed E-state index contributed by atoms with van der Waals surface area (Å²) in [7, 11) is 0. The number of tetrazole rings is 1. The first-order chi connectivity index (χ1) is 11.8. The van der Waals surface area contributed by atoms with Gasteiger partial charge in [-0.25, -0.2) is 15.5 Å². The summed E-state index contributed by atoms with van der Waals surface area (Å²) in [5, 5.41) is 13.9. The fourth-order valence-electron chi connectivity index (χ4n) is 2.61. The van der Waals surface area contributed by atoms with Gasteiger partial charge >= 0.3 is 0 Å². The van der Waals surface area contributed by atoms with Crippen molar-refractivity contribution in [3.8, 4) is 5.69 Å². The summed E-state index contributed by atoms with van der Waals surface area (Å²) in [6.45, 7) is 0. The normalized spacial score (nSPS) is 20.2. The van der Waals surface area contributed by atoms with Crippen molar-refractivity contribution >= 4 is 11.6 Å². The number of hydrogen-bond acceptors (Lipinski definition) is 7. The molecule has 4 rings (SSSR count). The average molecular weight is 325 g/mol. The molecule has 1 amide bonds. The second-order valence-corrected chi connectivity index (χ2v) is 5.44. The lowest BCUT2D eigenvalue weighted by atomic mass is 10.1. The summed E-state index contributed by atoms with van der Waals surface area (Å²) >= 11 is 0. The minimum Gasteiger partial charge on any atom is -0.468 e. The minimum atomic E-state index is -0.334. The average Bonchev–Trinajstić information content (AvgIpc) is 3.35. The topological polar surface area (TPSA) is 110 Å². The van der Waals surface area contributed by atoms with Gasteiger partial charge in [0.15, 0.2) is 0 Å². The van der Waals surface area contributed by atoms with Gasteiger partial charge in [0.2, 0.25) is 5.91 Å². The van der Waals surface area contributed by atoms with Crippen LogP contribution >= 0.6 is 0 Å². The first-order valence-electron chi connectivity index (χ1n) is 7.48. The Labute approximate surface area is 137 Å². The Bertz CT molecular complexity index is 799. The van der Waals surface area contributed by atoms with E-state index in [0.29, 0.717) is 12.1 Å². The lowest BCUT2D eigenvalue weighted by Gasteiger charge is -2.11. The standard InChI is InChI=1S/C15H15N7O2/c23-15(13-8-12(18-19-13)14-2-1-7-24-14)17-10-3-5-11(6-4-10)22-9-16-20-21-22/h1-7,9,12-13,18-19H,8H2,(H,17,23). The molecule has 1 saturated heterocycles. The van der Waals surface area contributed by atoms with Crippen molar-refractivity contribution in [2.75, 3.05) is 5.32 Å². The molecule has 0 bridgehead atoms. The molecule has 1 aliphatic heterocycles. The maximum Gasteiger partial charge on any atom is 0.242 e. The highest BCUT2D eigenvalue weighted by Gasteiger charge is 2.31. The number of hydrazine groups is 1. The van der Waals surface area contributed by atoms with Crippen molar-refractivity contribution < 1.29 is 9.21 Å². The first-order valence-corrected chi connectivity index (χ1v) is 7.48. The third kappa shape index (κ3) is 2.90. The molecule has 9 nitrogen and oxygen atoms in total. The van der Waals surface area contributed by atoms with Crippen LogP contribution in [0.3, 0.4) is 0 Å². The number of carbonyl (C=O) groups is 1. The van der Waals surface area contributed by atoms with E-state index < -0.39 is 0 Å². The smallest absolute Gasteiger partial charge is 0.242 e. The number of carbonyl (C=O) groups excluding carboxylic acids is 1. The molecule has 3 aromatic rings. The summed E-state index contributed by atoms with van der Waals surface area (Å²) in [6, 6.07) is 10.6. The quantitative estimate of drug-likeness (QED) is 0.651. The Kier molecular flexibility index (Phi) is 3.77. The summed E-state index contributed by atoms with van der Waals surface area (Å²) in [4.78, 5) is 12.4. The Morgan fingerprint density at radius 3 is 2.83 bits per heavy atom. The van der Waals surface area contributed by atoms with Crippen LogP contribution in [0.15, 0.2) is 53.4 Å². The number of anilines is 1. The number of furan rings is 1. The van der Waals surface area contributed by atoms with Crippen LogP contribution in [0.2, 0.25) is 0 Å². The van der Waals surface area contributed by atoms with E-state index in [9.17, 15) is 4.79 Å². The molecule has 0 saturated carbocycles. The zero-order valence-corrected chi connectivity index (χ0v) is 12.6. The Hall–Kier alpha value is -3.04. The highest BCUT2D eigenvalue weighted by atomic mass is 16.3. The number of hydrogen-bond donors (Lipinski definition) is 3. The maximum absolute atomic E-state index is 12.4. The predicted octanol–water partition coefficient (Wildman–Crippen LogP) is 0.802. The monoisotopic (exact) mass is 325 g/mol. The number of benzene rings is 1. The van der Waals surface area contributed by atoms with E-state index in [0.717, 1.165) is 11.4 Å². The third-order valence-corrected chi connectivity index (χ3v) is 3.85. The molecule has 0 spiro atoms. The first kappa shape index (κ1) is 14.5. The molecule has 122 valence electrons. The zero-order chi connectivity index (χ0) is 16.4. The molecule has 24 heavy (non-hydrogen) atoms. The van der Waals surface area contributed by atoms with Crippen molar-refractivity contribution in [3.05, 3.63) is 54.7 Å². The highest BCUT2D eigenvalue weighted by molar-refractivity contribution is 5.95. The minimum absolute atomic E-state index is 0.0158. The molecule has 3 N–H and O–H groups in total. The van der Waals surface area contributed by atoms with E-state index in [1.807, 2.05) is 24.3 Å². The maximum atomic E-state index is 12.4. The molecule has 1 fully saturated rings. The van der Waals surface area contributed by atoms with Crippen LogP contribution in [0.1, 0.15) is 18.2 Å². The molecule has 2 atom stereocenters. The van der Waals surface area contributed by atoms with E-state index in [1.165, 1.54) is 6.33 Å². The largest absolute Gasteiger partial charge is 0.468 e. The van der Waals surface area contributed by atoms with Gasteiger partial charge in [-0.05, 0) is 53.2 Å². The van der Waals surface area contributed by atoms with Crippen LogP contribution in [-0.2, 0) is 4.79 Å². The van der Waals surface area contributed by atoms with E-state index in [1.54, 1.807) is 23.1 Å². The predicted molar refractivity (Wildman–Crippen MR) is 83.9 cm³/mol. The number of nitrogens with zero attached hydrogens (tertiary/aromatic N) is 4.